The zero-order valence-electron chi connectivity index (χ0n) is 11.2. The predicted molar refractivity (Wildman–Crippen MR) is 72.8 cm³/mol. The Morgan fingerprint density at radius 3 is 2.63 bits per heavy atom. The number of piperidine rings is 1. The number of nitrogens with zero attached hydrogens (tertiary/aromatic N) is 1. The summed E-state index contributed by atoms with van der Waals surface area (Å²) in [4.78, 5) is -0.0538. The van der Waals surface area contributed by atoms with Crippen molar-refractivity contribution in [3.05, 3.63) is 23.5 Å². The first kappa shape index (κ1) is 14.3. The number of benzene rings is 1. The third-order valence-corrected chi connectivity index (χ3v) is 5.70. The van der Waals surface area contributed by atoms with Crippen LogP contribution in [0.2, 0.25) is 0 Å². The highest BCUT2D eigenvalue weighted by atomic mass is 32.2. The fourth-order valence-electron chi connectivity index (χ4n) is 2.39. The Labute approximate surface area is 113 Å². The van der Waals surface area contributed by atoms with E-state index in [0.717, 1.165) is 25.3 Å². The second-order valence-electron chi connectivity index (χ2n) is 5.08. The Balaban J connectivity index is 2.44. The number of anilines is 1. The van der Waals surface area contributed by atoms with Crippen LogP contribution in [-0.2, 0) is 10.0 Å². The van der Waals surface area contributed by atoms with Crippen LogP contribution in [0.4, 0.5) is 10.1 Å². The van der Waals surface area contributed by atoms with Crippen molar-refractivity contribution in [2.24, 2.45) is 0 Å². The van der Waals surface area contributed by atoms with Gasteiger partial charge in [-0.15, -0.1) is 0 Å². The van der Waals surface area contributed by atoms with Gasteiger partial charge in [0.1, 0.15) is 5.82 Å². The molecule has 1 heterocycles. The van der Waals surface area contributed by atoms with Gasteiger partial charge >= 0.3 is 0 Å². The van der Waals surface area contributed by atoms with Crippen LogP contribution >= 0.6 is 0 Å². The molecule has 106 valence electrons. The summed E-state index contributed by atoms with van der Waals surface area (Å²) < 4.78 is 40.2. The van der Waals surface area contributed by atoms with E-state index in [4.69, 9.17) is 5.73 Å². The maximum atomic E-state index is 13.7. The molecule has 0 aromatic heterocycles. The number of rotatable bonds is 2. The van der Waals surface area contributed by atoms with Gasteiger partial charge in [0.05, 0.1) is 4.90 Å². The standard InChI is InChI=1S/C13H19FN2O2S/c1-9-5-3-4-6-16(9)19(17,18)11-7-12(14)10(2)13(15)8-11/h7-9H,3-6,15H2,1-2H3. The summed E-state index contributed by atoms with van der Waals surface area (Å²) >= 11 is 0. The summed E-state index contributed by atoms with van der Waals surface area (Å²) in [7, 11) is -3.66. The first-order valence-corrected chi connectivity index (χ1v) is 7.85. The first-order valence-electron chi connectivity index (χ1n) is 6.41. The van der Waals surface area contributed by atoms with Crippen molar-refractivity contribution < 1.29 is 12.8 Å². The zero-order valence-corrected chi connectivity index (χ0v) is 12.0. The van der Waals surface area contributed by atoms with Crippen LogP contribution in [0.15, 0.2) is 17.0 Å². The van der Waals surface area contributed by atoms with Crippen LogP contribution in [0.25, 0.3) is 0 Å². The van der Waals surface area contributed by atoms with Gasteiger partial charge in [-0.05, 0) is 38.8 Å². The minimum absolute atomic E-state index is 0.0515. The maximum absolute atomic E-state index is 13.7. The molecule has 1 atom stereocenters. The Bertz CT molecular complexity index is 563. The van der Waals surface area contributed by atoms with E-state index < -0.39 is 15.8 Å². The lowest BCUT2D eigenvalue weighted by Gasteiger charge is -2.32. The number of nitrogens with two attached hydrogens (primary N) is 1. The van der Waals surface area contributed by atoms with Crippen molar-refractivity contribution in [3.8, 4) is 0 Å². The number of nitrogen functional groups attached to an aromatic ring is 1. The van der Waals surface area contributed by atoms with E-state index in [2.05, 4.69) is 0 Å². The number of sulfonamides is 1. The summed E-state index contributed by atoms with van der Waals surface area (Å²) in [5, 5.41) is 0. The van der Waals surface area contributed by atoms with E-state index in [-0.39, 0.29) is 22.2 Å². The lowest BCUT2D eigenvalue weighted by Crippen LogP contribution is -2.41. The predicted octanol–water partition coefficient (Wildman–Crippen LogP) is 2.28. The van der Waals surface area contributed by atoms with E-state index in [1.54, 1.807) is 0 Å². The van der Waals surface area contributed by atoms with E-state index in [1.165, 1.54) is 17.3 Å². The Morgan fingerprint density at radius 1 is 1.37 bits per heavy atom. The molecule has 2 N–H and O–H groups in total. The van der Waals surface area contributed by atoms with Crippen LogP contribution in [0, 0.1) is 12.7 Å². The van der Waals surface area contributed by atoms with E-state index in [9.17, 15) is 12.8 Å². The minimum atomic E-state index is -3.66. The second kappa shape index (κ2) is 5.09. The molecule has 0 amide bonds. The van der Waals surface area contributed by atoms with Gasteiger partial charge in [-0.2, -0.15) is 4.31 Å². The van der Waals surface area contributed by atoms with Gasteiger partial charge in [-0.25, -0.2) is 12.8 Å². The van der Waals surface area contributed by atoms with E-state index >= 15 is 0 Å². The van der Waals surface area contributed by atoms with Crippen molar-refractivity contribution in [2.75, 3.05) is 12.3 Å². The number of halogens is 1. The van der Waals surface area contributed by atoms with Crippen molar-refractivity contribution in [1.82, 2.24) is 4.31 Å². The SMILES string of the molecule is Cc1c(N)cc(S(=O)(=O)N2CCCCC2C)cc1F. The highest BCUT2D eigenvalue weighted by Gasteiger charge is 2.31. The molecule has 0 saturated carbocycles. The fourth-order valence-corrected chi connectivity index (χ4v) is 4.14. The van der Waals surface area contributed by atoms with Gasteiger partial charge in [0.25, 0.3) is 0 Å². The molecular formula is C13H19FN2O2S. The normalized spacial score (nSPS) is 21.5. The van der Waals surface area contributed by atoms with Gasteiger partial charge in [0.2, 0.25) is 10.0 Å². The lowest BCUT2D eigenvalue weighted by molar-refractivity contribution is 0.268. The molecule has 1 fully saturated rings. The average molecular weight is 286 g/mol. The monoisotopic (exact) mass is 286 g/mol. The van der Waals surface area contributed by atoms with Crippen LogP contribution in [0.1, 0.15) is 31.7 Å². The van der Waals surface area contributed by atoms with Gasteiger partial charge < -0.3 is 5.73 Å². The van der Waals surface area contributed by atoms with Crippen LogP contribution in [-0.4, -0.2) is 25.3 Å². The second-order valence-corrected chi connectivity index (χ2v) is 6.97. The molecule has 2 rings (SSSR count). The molecule has 1 unspecified atom stereocenters. The summed E-state index contributed by atoms with van der Waals surface area (Å²) in [5.74, 6) is -0.580. The van der Waals surface area contributed by atoms with Crippen molar-refractivity contribution in [1.29, 1.82) is 0 Å². The van der Waals surface area contributed by atoms with E-state index in [0.29, 0.717) is 6.54 Å². The molecule has 1 aliphatic heterocycles. The molecule has 6 heteroatoms. The fraction of sp³-hybridized carbons (Fsp3) is 0.538. The summed E-state index contributed by atoms with van der Waals surface area (Å²) in [6.45, 7) is 3.90. The molecule has 1 saturated heterocycles. The largest absolute Gasteiger partial charge is 0.398 e. The quantitative estimate of drug-likeness (QED) is 0.848. The Morgan fingerprint density at radius 2 is 2.05 bits per heavy atom. The van der Waals surface area contributed by atoms with Gasteiger partial charge in [-0.3, -0.25) is 0 Å². The third-order valence-electron chi connectivity index (χ3n) is 3.71. The molecule has 19 heavy (non-hydrogen) atoms. The number of hydrogen-bond donors (Lipinski definition) is 1. The first-order chi connectivity index (χ1) is 8.84. The van der Waals surface area contributed by atoms with Crippen molar-refractivity contribution in [2.45, 2.75) is 44.0 Å². The van der Waals surface area contributed by atoms with Gasteiger partial charge in [-0.1, -0.05) is 6.42 Å². The molecule has 0 bridgehead atoms. The highest BCUT2D eigenvalue weighted by Crippen LogP contribution is 2.28. The minimum Gasteiger partial charge on any atom is -0.398 e. The van der Waals surface area contributed by atoms with Crippen LogP contribution in [0.5, 0.6) is 0 Å². The highest BCUT2D eigenvalue weighted by molar-refractivity contribution is 7.89. The van der Waals surface area contributed by atoms with Gasteiger partial charge in [0, 0.05) is 23.8 Å². The Hall–Kier alpha value is -1.14. The van der Waals surface area contributed by atoms with Gasteiger partial charge in [0.15, 0.2) is 0 Å². The average Bonchev–Trinajstić information content (AvgIpc) is 2.35. The third kappa shape index (κ3) is 2.60. The lowest BCUT2D eigenvalue weighted by atomic mass is 10.1. The molecule has 0 radical (unpaired) electrons. The topological polar surface area (TPSA) is 63.4 Å². The zero-order chi connectivity index (χ0) is 14.2. The van der Waals surface area contributed by atoms with Crippen molar-refractivity contribution >= 4 is 15.7 Å². The smallest absolute Gasteiger partial charge is 0.243 e. The maximum Gasteiger partial charge on any atom is 0.243 e. The molecule has 4 nitrogen and oxygen atoms in total. The van der Waals surface area contributed by atoms with Crippen LogP contribution < -0.4 is 5.73 Å². The Kier molecular flexibility index (Phi) is 3.82. The molecule has 1 aromatic carbocycles. The molecule has 1 aliphatic rings. The summed E-state index contributed by atoms with van der Waals surface area (Å²) in [5.41, 5.74) is 6.11. The number of hydrogen-bond acceptors (Lipinski definition) is 3. The molecule has 0 aliphatic carbocycles. The van der Waals surface area contributed by atoms with Crippen molar-refractivity contribution in [3.63, 3.8) is 0 Å². The van der Waals surface area contributed by atoms with Crippen LogP contribution in [0.3, 0.4) is 0 Å². The molecule has 1 aromatic rings. The summed E-state index contributed by atoms with van der Waals surface area (Å²) in [6, 6.07) is 2.35. The molecule has 0 spiro atoms. The van der Waals surface area contributed by atoms with E-state index in [1.807, 2.05) is 6.92 Å². The molecular weight excluding hydrogens is 267 g/mol. The summed E-state index contributed by atoms with van der Waals surface area (Å²) in [6.07, 6.45) is 2.70.